The van der Waals surface area contributed by atoms with Gasteiger partial charge in [0, 0.05) is 47.7 Å². The lowest BCUT2D eigenvalue weighted by Crippen LogP contribution is -2.69. The number of carbonyl (C=O) groups excluding carboxylic acids is 2. The molecule has 0 radical (unpaired) electrons. The number of carboxylic acids is 1. The van der Waals surface area contributed by atoms with Crippen LogP contribution in [0.2, 0.25) is 0 Å². The van der Waals surface area contributed by atoms with Crippen molar-refractivity contribution in [3.05, 3.63) is 11.6 Å². The molecule has 518 valence electrons. The van der Waals surface area contributed by atoms with Gasteiger partial charge >= 0.3 is 11.9 Å². The van der Waals surface area contributed by atoms with Gasteiger partial charge in [-0.05, 0) is 116 Å². The standard InChI is InChI=1S/C64H108O21.2C2H6/c1-16-33(3)40(76-12)26-36(66)28-46(69)81-41(34(4)17-2)27-37(67)29-47(70)83-51-48(71)35(5)80-56(54(51)79-15)85-58(75)64-25-24-59(6,7)30-39(64)38-18-19-43-60(8)22-21-45(82-57-53(78-14)50(77-13)49(72)52(84-57)55(73)74)61(9,32-65)42(60)20-23-62(43,10)63(38,11)31-44(64)68;2*1-2/h18,32-37,39-45,47-54,56-58,66-68,70-72,75H,16-17,19-31H2,1-15H3,(H,73,74);2*1-2H3/t33?,34?,35?,36?,37?,39-,40?,41?,42-,43-,44?,45?,47?,48?,49?,50?,51?,52?,53?,54?,56?,57?,58?,60?,61?,62?,63?,64-;;/m1../s1. The Bertz CT molecular complexity index is 2270. The fourth-order valence-corrected chi connectivity index (χ4v) is 17.6. The van der Waals surface area contributed by atoms with Crippen LogP contribution in [-0.4, -0.2) is 198 Å². The summed E-state index contributed by atoms with van der Waals surface area (Å²) < 4.78 is 60.2. The predicted molar refractivity (Wildman–Crippen MR) is 331 cm³/mol. The van der Waals surface area contributed by atoms with Gasteiger partial charge in [-0.1, -0.05) is 121 Å². The molecule has 8 N–H and O–H groups in total. The first kappa shape index (κ1) is 77.4. The number of hydrogen-bond donors (Lipinski definition) is 8. The van der Waals surface area contributed by atoms with Gasteiger partial charge in [-0.2, -0.15) is 0 Å². The molecule has 0 aromatic carbocycles. The van der Waals surface area contributed by atoms with E-state index in [9.17, 15) is 55.2 Å². The normalized spacial score (nSPS) is 41.8. The van der Waals surface area contributed by atoms with Crippen LogP contribution in [0, 0.1) is 62.1 Å². The van der Waals surface area contributed by atoms with E-state index in [2.05, 4.69) is 40.7 Å². The molecule has 6 fully saturated rings. The zero-order valence-electron chi connectivity index (χ0n) is 57.4. The molecule has 7 aliphatic rings. The van der Waals surface area contributed by atoms with E-state index < -0.39 is 133 Å². The van der Waals surface area contributed by atoms with Crippen LogP contribution in [0.1, 0.15) is 200 Å². The molecule has 7 rings (SSSR count). The highest BCUT2D eigenvalue weighted by atomic mass is 16.8. The lowest BCUT2D eigenvalue weighted by molar-refractivity contribution is -0.372. The lowest BCUT2D eigenvalue weighted by atomic mass is 9.33. The van der Waals surface area contributed by atoms with E-state index in [-0.39, 0.29) is 77.6 Å². The average Bonchev–Trinajstić information content (AvgIpc) is 0.685. The van der Waals surface area contributed by atoms with Gasteiger partial charge in [0.25, 0.3) is 0 Å². The monoisotopic (exact) mass is 1270 g/mol. The molecular weight excluding hydrogens is 1150 g/mol. The minimum atomic E-state index is -1.64. The van der Waals surface area contributed by atoms with Gasteiger partial charge in [0.15, 0.2) is 31.3 Å². The minimum absolute atomic E-state index is 0.0360. The van der Waals surface area contributed by atoms with Gasteiger partial charge in [-0.3, -0.25) is 4.79 Å². The van der Waals surface area contributed by atoms with Crippen molar-refractivity contribution in [2.45, 2.75) is 311 Å². The fraction of sp³-hybridized carbons (Fsp3) is 0.926. The Balaban J connectivity index is 0.00000353. The summed E-state index contributed by atoms with van der Waals surface area (Å²) in [4.78, 5) is 39.1. The number of esters is 1. The largest absolute Gasteiger partial charge is 0.479 e. The lowest BCUT2D eigenvalue weighted by Gasteiger charge is -2.72. The highest BCUT2D eigenvalue weighted by Crippen LogP contribution is 2.76. The summed E-state index contributed by atoms with van der Waals surface area (Å²) in [6, 6.07) is 0. The molecule has 28 atom stereocenters. The Morgan fingerprint density at radius 1 is 0.708 bits per heavy atom. The van der Waals surface area contributed by atoms with E-state index in [1.165, 1.54) is 26.9 Å². The second-order valence-corrected chi connectivity index (χ2v) is 28.6. The van der Waals surface area contributed by atoms with Crippen LogP contribution < -0.4 is 0 Å². The van der Waals surface area contributed by atoms with Crippen molar-refractivity contribution in [3.63, 3.8) is 0 Å². The molecule has 0 bridgehead atoms. The molecule has 89 heavy (non-hydrogen) atoms. The molecule has 21 nitrogen and oxygen atoms in total. The third kappa shape index (κ3) is 15.4. The summed E-state index contributed by atoms with van der Waals surface area (Å²) in [7, 11) is 5.72. The number of aliphatic hydroxyl groups excluding tert-OH is 7. The van der Waals surface area contributed by atoms with Crippen LogP contribution in [0.3, 0.4) is 0 Å². The molecule has 21 heteroatoms. The molecule has 0 amide bonds. The molecule has 2 saturated heterocycles. The van der Waals surface area contributed by atoms with Crippen LogP contribution in [0.4, 0.5) is 0 Å². The van der Waals surface area contributed by atoms with Gasteiger partial charge in [-0.15, -0.1) is 0 Å². The zero-order valence-corrected chi connectivity index (χ0v) is 57.4. The number of hydrogen-bond acceptors (Lipinski definition) is 20. The number of carbonyl (C=O) groups is 3. The summed E-state index contributed by atoms with van der Waals surface area (Å²) in [5.41, 5.74) is -2.57. The van der Waals surface area contributed by atoms with Crippen molar-refractivity contribution < 1.29 is 103 Å². The summed E-state index contributed by atoms with van der Waals surface area (Å²) in [6.45, 7) is 30.7. The van der Waals surface area contributed by atoms with E-state index in [0.29, 0.717) is 57.8 Å². The average molecular weight is 1270 g/mol. The van der Waals surface area contributed by atoms with Gasteiger partial charge in [0.1, 0.15) is 49.0 Å². The number of fused-ring (bicyclic) bond motifs is 7. The Morgan fingerprint density at radius 2 is 1.30 bits per heavy atom. The first-order valence-electron chi connectivity index (χ1n) is 33.6. The first-order chi connectivity index (χ1) is 41.8. The summed E-state index contributed by atoms with van der Waals surface area (Å²) in [5.74, 6) is -2.43. The highest BCUT2D eigenvalue weighted by Gasteiger charge is 2.72. The van der Waals surface area contributed by atoms with Crippen LogP contribution in [0.15, 0.2) is 11.6 Å². The van der Waals surface area contributed by atoms with Crippen molar-refractivity contribution in [1.82, 2.24) is 0 Å². The van der Waals surface area contributed by atoms with Gasteiger partial charge in [0.05, 0.1) is 53.9 Å². The number of allylic oxidation sites excluding steroid dienone is 2. The molecule has 24 unspecified atom stereocenters. The van der Waals surface area contributed by atoms with Gasteiger partial charge in [0.2, 0.25) is 0 Å². The molecule has 0 spiro atoms. The molecule has 2 aliphatic heterocycles. The second-order valence-electron chi connectivity index (χ2n) is 28.6. The maximum Gasteiger partial charge on any atom is 0.335 e. The number of aldehydes is 1. The molecule has 5 aliphatic carbocycles. The summed E-state index contributed by atoms with van der Waals surface area (Å²) >= 11 is 0. The van der Waals surface area contributed by atoms with E-state index in [1.807, 2.05) is 62.3 Å². The fourth-order valence-electron chi connectivity index (χ4n) is 17.6. The Morgan fingerprint density at radius 3 is 1.88 bits per heavy atom. The number of rotatable bonds is 26. The molecule has 4 saturated carbocycles. The number of aliphatic hydroxyl groups is 7. The van der Waals surface area contributed by atoms with E-state index in [0.717, 1.165) is 19.1 Å². The van der Waals surface area contributed by atoms with E-state index >= 15 is 0 Å². The smallest absolute Gasteiger partial charge is 0.335 e. The molecular formula is C68H120O21. The van der Waals surface area contributed by atoms with Crippen molar-refractivity contribution in [2.75, 3.05) is 28.4 Å². The number of carboxylic acid groups (broad SMARTS) is 1. The Kier molecular flexibility index (Phi) is 27.8. The third-order valence-electron chi connectivity index (χ3n) is 23.4. The van der Waals surface area contributed by atoms with Crippen LogP contribution in [-0.2, 0) is 61.8 Å². The molecule has 0 aromatic heterocycles. The van der Waals surface area contributed by atoms with Crippen LogP contribution >= 0.6 is 0 Å². The second kappa shape index (κ2) is 32.0. The maximum atomic E-state index is 13.7. The van der Waals surface area contributed by atoms with Crippen molar-refractivity contribution in [3.8, 4) is 0 Å². The minimum Gasteiger partial charge on any atom is -0.479 e. The summed E-state index contributed by atoms with van der Waals surface area (Å²) in [6.07, 6.45) is -11.0. The van der Waals surface area contributed by atoms with Crippen molar-refractivity contribution in [1.29, 1.82) is 0 Å². The maximum absolute atomic E-state index is 13.7. The van der Waals surface area contributed by atoms with Crippen LogP contribution in [0.5, 0.6) is 0 Å². The highest BCUT2D eigenvalue weighted by molar-refractivity contribution is 5.73. The van der Waals surface area contributed by atoms with Crippen molar-refractivity contribution in [2.24, 2.45) is 62.1 Å². The van der Waals surface area contributed by atoms with Gasteiger partial charge < -0.3 is 93.0 Å². The SMILES string of the molecule is CC.CC.CCC(C)C(CC(O)CC(=O)OC(CC(O)CC(O)OC1C(O)C(C)OC(OC(O)[C@]23CCC(C)(C)C[C@@H]2C2=CC[C@@H]4C5(C)CCC(OC6OC(C(=O)O)C(O)C(OC)C6OC)C(C)(C=O)[C@@H]5CCC4(C)C2(C)CC3O)C1OC)C(C)CC)OC. The quantitative estimate of drug-likeness (QED) is 0.0134. The van der Waals surface area contributed by atoms with E-state index in [1.54, 1.807) is 14.0 Å². The summed E-state index contributed by atoms with van der Waals surface area (Å²) in [5, 5.41) is 92.0. The van der Waals surface area contributed by atoms with Crippen molar-refractivity contribution >= 4 is 18.2 Å². The Labute approximate surface area is 531 Å². The number of aliphatic carboxylic acids is 1. The van der Waals surface area contributed by atoms with E-state index in [4.69, 9.17) is 47.4 Å². The van der Waals surface area contributed by atoms with Crippen LogP contribution in [0.25, 0.3) is 0 Å². The predicted octanol–water partition coefficient (Wildman–Crippen LogP) is 8.04. The first-order valence-corrected chi connectivity index (χ1v) is 33.6. The Hall–Kier alpha value is -2.29. The zero-order chi connectivity index (χ0) is 67.1. The molecule has 0 aromatic rings. The molecule has 2 heterocycles. The topological polar surface area (TPSA) is 305 Å². The number of ether oxygens (including phenoxy) is 10. The number of methoxy groups -OCH3 is 4. The third-order valence-corrected chi connectivity index (χ3v) is 23.4. The van der Waals surface area contributed by atoms with Gasteiger partial charge in [-0.25, -0.2) is 4.79 Å².